The van der Waals surface area contributed by atoms with Crippen molar-refractivity contribution in [3.63, 3.8) is 0 Å². The first-order valence-corrected chi connectivity index (χ1v) is 13.6. The Morgan fingerprint density at radius 2 is 2.13 bits per heavy atom. The quantitative estimate of drug-likeness (QED) is 0.508. The largest absolute Gasteiger partial charge is 0.508 e. The first kappa shape index (κ1) is 19.8. The third-order valence-electron chi connectivity index (χ3n) is 8.49. The van der Waals surface area contributed by atoms with Crippen LogP contribution in [0.3, 0.4) is 0 Å². The summed E-state index contributed by atoms with van der Waals surface area (Å²) in [7, 11) is 0. The third kappa shape index (κ3) is 4.43. The Kier molecular flexibility index (Phi) is 4.94. The highest BCUT2D eigenvalue weighted by molar-refractivity contribution is 5.96. The minimum atomic E-state index is -2.47. The highest BCUT2D eigenvalue weighted by Gasteiger charge is 2.37. The average Bonchev–Trinajstić information content (AvgIpc) is 3.51. The van der Waals surface area contributed by atoms with Crippen molar-refractivity contribution in [3.05, 3.63) is 47.2 Å². The van der Waals surface area contributed by atoms with Crippen LogP contribution in [0.2, 0.25) is 0 Å². The van der Waals surface area contributed by atoms with E-state index in [9.17, 15) is 9.50 Å². The van der Waals surface area contributed by atoms with Gasteiger partial charge < -0.3 is 29.9 Å². The zero-order valence-electron chi connectivity index (χ0n) is 26.5. The maximum Gasteiger partial charge on any atom is 0.318 e. The number of hydrogen-bond donors (Lipinski definition) is 2. The molecule has 8 rings (SSSR count). The van der Waals surface area contributed by atoms with Gasteiger partial charge >= 0.3 is 6.01 Å². The molecule has 39 heavy (non-hydrogen) atoms. The molecular weight excluding hydrogens is 502 g/mol. The lowest BCUT2D eigenvalue weighted by Gasteiger charge is -2.47. The Hall–Kier alpha value is -3.24. The van der Waals surface area contributed by atoms with E-state index in [0.717, 1.165) is 42.5 Å². The summed E-state index contributed by atoms with van der Waals surface area (Å²) in [6.45, 7) is -2.54. The van der Waals surface area contributed by atoms with Gasteiger partial charge in [-0.05, 0) is 63.1 Å². The summed E-state index contributed by atoms with van der Waals surface area (Å²) in [4.78, 5) is 14.6. The maximum absolute atomic E-state index is 15.1. The van der Waals surface area contributed by atoms with E-state index in [1.807, 2.05) is 4.90 Å². The molecule has 5 aliphatic heterocycles. The lowest BCUT2D eigenvalue weighted by atomic mass is 9.92. The molecule has 4 fully saturated rings. The summed E-state index contributed by atoms with van der Waals surface area (Å²) in [5.41, 5.74) is 1.75. The van der Waals surface area contributed by atoms with Gasteiger partial charge in [0.05, 0.1) is 20.7 Å². The molecule has 0 radical (unpaired) electrons. The standard InChI is InChI=1S/C29H34F2N6O2/c1-35-9-2-3-20(35)16-39-29-33-24-15-36(25-12-21(38)11-17-4-7-23(30)27(31)26(17)25)10-8-22(24)28(34-29)37-14-18-5-6-19(37)13-32-18/h4,7,11-12,18-20,32,38H,2-3,5-6,8-10,13-16H2,1H3/t18?,19?,20-/m0/s1/i1D3,16D2. The van der Waals surface area contributed by atoms with E-state index < -0.39 is 31.2 Å². The molecular formula is C29H34F2N6O2. The summed E-state index contributed by atoms with van der Waals surface area (Å²) in [6.07, 6.45) is 3.34. The molecule has 1 aromatic heterocycles. The van der Waals surface area contributed by atoms with Crippen molar-refractivity contribution >= 4 is 22.3 Å². The number of likely N-dealkylation sites (N-methyl/N-ethyl adjacent to an activating group) is 1. The van der Waals surface area contributed by atoms with E-state index in [4.69, 9.17) is 16.6 Å². The van der Waals surface area contributed by atoms with E-state index >= 15 is 4.39 Å². The van der Waals surface area contributed by atoms with Gasteiger partial charge in [0.2, 0.25) is 0 Å². The third-order valence-corrected chi connectivity index (χ3v) is 8.49. The Bertz CT molecular complexity index is 1600. The van der Waals surface area contributed by atoms with Crippen molar-refractivity contribution < 1.29 is 25.5 Å². The highest BCUT2D eigenvalue weighted by atomic mass is 19.2. The van der Waals surface area contributed by atoms with Crippen molar-refractivity contribution in [1.29, 1.82) is 0 Å². The van der Waals surface area contributed by atoms with Crippen LogP contribution in [0.5, 0.6) is 11.8 Å². The van der Waals surface area contributed by atoms with Crippen molar-refractivity contribution in [2.75, 3.05) is 49.5 Å². The number of phenolic OH excluding ortho intramolecular Hbond substituents is 1. The van der Waals surface area contributed by atoms with E-state index in [-0.39, 0.29) is 36.3 Å². The van der Waals surface area contributed by atoms with Gasteiger partial charge in [0.1, 0.15) is 18.1 Å². The van der Waals surface area contributed by atoms with E-state index in [1.165, 1.54) is 18.2 Å². The average molecular weight is 542 g/mol. The summed E-state index contributed by atoms with van der Waals surface area (Å²) in [5.74, 6) is -1.42. The molecule has 206 valence electrons. The number of piperazine rings is 1. The zero-order chi connectivity index (χ0) is 31.0. The first-order chi connectivity index (χ1) is 20.9. The summed E-state index contributed by atoms with van der Waals surface area (Å²) < 4.78 is 76.5. The molecule has 5 aliphatic rings. The number of hydrogen-bond acceptors (Lipinski definition) is 8. The summed E-state index contributed by atoms with van der Waals surface area (Å²) in [5, 5.41) is 14.4. The van der Waals surface area contributed by atoms with Crippen LogP contribution in [0.4, 0.5) is 20.3 Å². The number of aromatic nitrogens is 2. The number of rotatable bonds is 5. The molecule has 0 saturated carbocycles. The smallest absolute Gasteiger partial charge is 0.318 e. The summed E-state index contributed by atoms with van der Waals surface area (Å²) in [6, 6.07) is 4.53. The molecule has 0 amide bonds. The normalized spacial score (nSPS) is 27.5. The number of benzene rings is 2. The van der Waals surface area contributed by atoms with E-state index in [1.54, 1.807) is 0 Å². The van der Waals surface area contributed by atoms with Crippen LogP contribution in [0.1, 0.15) is 43.8 Å². The van der Waals surface area contributed by atoms with Gasteiger partial charge in [-0.25, -0.2) is 8.78 Å². The van der Waals surface area contributed by atoms with Gasteiger partial charge in [0.25, 0.3) is 0 Å². The van der Waals surface area contributed by atoms with Gasteiger partial charge in [0.15, 0.2) is 11.6 Å². The number of fused-ring (bicyclic) bond motifs is 5. The Balaban J connectivity index is 1.28. The molecule has 10 heteroatoms. The van der Waals surface area contributed by atoms with Crippen LogP contribution in [-0.2, 0) is 13.0 Å². The maximum atomic E-state index is 15.1. The molecule has 2 aromatic carbocycles. The number of piperidine rings is 2. The predicted molar refractivity (Wildman–Crippen MR) is 146 cm³/mol. The second kappa shape index (κ2) is 9.75. The number of aromatic hydroxyl groups is 1. The minimum absolute atomic E-state index is 0.0544. The van der Waals surface area contributed by atoms with Crippen LogP contribution in [0, 0.1) is 11.6 Å². The fourth-order valence-corrected chi connectivity index (χ4v) is 6.46. The van der Waals surface area contributed by atoms with E-state index in [2.05, 4.69) is 15.2 Å². The number of likely N-dealkylation sites (tertiary alicyclic amines) is 1. The molecule has 0 aliphatic carbocycles. The number of ether oxygens (including phenoxy) is 1. The number of anilines is 2. The first-order valence-electron chi connectivity index (χ1n) is 16.1. The SMILES string of the molecule is [2H]C([2H])(Oc1nc2c(c(N3CC4CCC3CN4)n1)CCN(c1cc(O)cc3ccc(F)c(F)c13)C2)[C@@H]1CCCN1C([2H])([2H])[2H]. The minimum Gasteiger partial charge on any atom is -0.508 e. The van der Waals surface area contributed by atoms with Gasteiger partial charge in [-0.2, -0.15) is 9.97 Å². The fraction of sp³-hybridized carbons (Fsp3) is 0.517. The second-order valence-corrected chi connectivity index (χ2v) is 10.9. The topological polar surface area (TPSA) is 77.0 Å². The summed E-state index contributed by atoms with van der Waals surface area (Å²) >= 11 is 0. The van der Waals surface area contributed by atoms with Gasteiger partial charge in [-0.3, -0.25) is 0 Å². The molecule has 3 aromatic rings. The molecule has 4 saturated heterocycles. The molecule has 6 heterocycles. The van der Waals surface area contributed by atoms with Gasteiger partial charge in [-0.1, -0.05) is 6.07 Å². The molecule has 2 bridgehead atoms. The Morgan fingerprint density at radius 3 is 2.92 bits per heavy atom. The lowest BCUT2D eigenvalue weighted by Crippen LogP contribution is -2.61. The lowest BCUT2D eigenvalue weighted by molar-refractivity contribution is 0.187. The Morgan fingerprint density at radius 1 is 1.21 bits per heavy atom. The number of halogens is 2. The predicted octanol–water partition coefficient (Wildman–Crippen LogP) is 3.59. The van der Waals surface area contributed by atoms with Crippen LogP contribution < -0.4 is 19.9 Å². The van der Waals surface area contributed by atoms with E-state index in [0.29, 0.717) is 54.4 Å². The van der Waals surface area contributed by atoms with Gasteiger partial charge in [-0.15, -0.1) is 0 Å². The molecule has 8 nitrogen and oxygen atoms in total. The zero-order valence-corrected chi connectivity index (χ0v) is 21.5. The van der Waals surface area contributed by atoms with Crippen molar-refractivity contribution in [2.24, 2.45) is 0 Å². The number of phenols is 1. The number of nitrogens with zero attached hydrogens (tertiary/aromatic N) is 5. The fourth-order valence-electron chi connectivity index (χ4n) is 6.46. The van der Waals surface area contributed by atoms with Gasteiger partial charge in [0, 0.05) is 58.9 Å². The molecule has 2 N–H and O–H groups in total. The van der Waals surface area contributed by atoms with Crippen LogP contribution >= 0.6 is 0 Å². The second-order valence-electron chi connectivity index (χ2n) is 10.9. The van der Waals surface area contributed by atoms with Crippen molar-refractivity contribution in [2.45, 2.75) is 56.8 Å². The Labute approximate surface area is 233 Å². The van der Waals surface area contributed by atoms with Crippen LogP contribution in [0.25, 0.3) is 10.8 Å². The molecule has 3 atom stereocenters. The molecule has 0 spiro atoms. The van der Waals surface area contributed by atoms with Crippen LogP contribution in [0.15, 0.2) is 24.3 Å². The van der Waals surface area contributed by atoms with Crippen molar-refractivity contribution in [1.82, 2.24) is 20.2 Å². The monoisotopic (exact) mass is 541 g/mol. The van der Waals surface area contributed by atoms with Crippen molar-refractivity contribution in [3.8, 4) is 11.8 Å². The molecule has 2 unspecified atom stereocenters. The number of nitrogens with one attached hydrogen (secondary N) is 1. The van der Waals surface area contributed by atoms with Crippen LogP contribution in [-0.4, -0.2) is 77.8 Å². The highest BCUT2D eigenvalue weighted by Crippen LogP contribution is 2.39.